The number of ether oxygens (including phenoxy) is 1. The van der Waals surface area contributed by atoms with Gasteiger partial charge in [0.25, 0.3) is 0 Å². The molecule has 1 saturated carbocycles. The Kier molecular flexibility index (Phi) is 6.81. The molecular formula is C29H31NO6S. The topological polar surface area (TPSA) is 101 Å². The minimum absolute atomic E-state index is 0.0985. The molecule has 1 heterocycles. The van der Waals surface area contributed by atoms with Crippen molar-refractivity contribution in [2.75, 3.05) is 6.54 Å². The van der Waals surface area contributed by atoms with Crippen LogP contribution >= 0.6 is 0 Å². The highest BCUT2D eigenvalue weighted by atomic mass is 32.2. The zero-order valence-electron chi connectivity index (χ0n) is 21.0. The van der Waals surface area contributed by atoms with Crippen molar-refractivity contribution in [3.05, 3.63) is 82.5 Å². The molecule has 0 bridgehead atoms. The van der Waals surface area contributed by atoms with Crippen LogP contribution in [0.2, 0.25) is 0 Å². The molecule has 2 aromatic carbocycles. The highest BCUT2D eigenvalue weighted by molar-refractivity contribution is 7.89. The van der Waals surface area contributed by atoms with Crippen molar-refractivity contribution in [1.29, 1.82) is 0 Å². The molecule has 1 aliphatic heterocycles. The first-order chi connectivity index (χ1) is 17.6. The van der Waals surface area contributed by atoms with Gasteiger partial charge in [0, 0.05) is 24.8 Å². The fraction of sp³-hybridized carbons (Fsp3) is 0.379. The predicted octanol–water partition coefficient (Wildman–Crippen LogP) is 4.76. The van der Waals surface area contributed by atoms with Gasteiger partial charge in [0.15, 0.2) is 0 Å². The number of aryl methyl sites for hydroxylation is 1. The number of Topliss-reactive ketones (excluding diaryl/α,β-unsaturated/α-hetero) is 1. The summed E-state index contributed by atoms with van der Waals surface area (Å²) in [5.74, 6) is -0.892. The molecular weight excluding hydrogens is 490 g/mol. The Hall–Kier alpha value is -3.23. The number of aliphatic carboxylic acids is 1. The van der Waals surface area contributed by atoms with Crippen molar-refractivity contribution >= 4 is 21.8 Å². The molecule has 2 aromatic rings. The number of hydrogen-bond acceptors (Lipinski definition) is 5. The number of rotatable bonds is 6. The molecule has 8 heteroatoms. The molecule has 0 spiro atoms. The van der Waals surface area contributed by atoms with Crippen LogP contribution < -0.4 is 4.74 Å². The zero-order valence-corrected chi connectivity index (χ0v) is 21.8. The van der Waals surface area contributed by atoms with Gasteiger partial charge in [-0.05, 0) is 55.5 Å². The number of carbonyl (C=O) groups excluding carboxylic acids is 1. The lowest BCUT2D eigenvalue weighted by molar-refractivity contribution is -0.137. The summed E-state index contributed by atoms with van der Waals surface area (Å²) in [7, 11) is -3.80. The molecule has 194 valence electrons. The van der Waals surface area contributed by atoms with E-state index in [4.69, 9.17) is 4.74 Å². The van der Waals surface area contributed by atoms with Crippen LogP contribution in [0.3, 0.4) is 0 Å². The minimum Gasteiger partial charge on any atom is -0.488 e. The molecule has 1 fully saturated rings. The van der Waals surface area contributed by atoms with Crippen molar-refractivity contribution in [2.24, 2.45) is 5.92 Å². The van der Waals surface area contributed by atoms with E-state index in [1.807, 2.05) is 44.2 Å². The monoisotopic (exact) mass is 521 g/mol. The van der Waals surface area contributed by atoms with Gasteiger partial charge in [-0.25, -0.2) is 8.42 Å². The summed E-state index contributed by atoms with van der Waals surface area (Å²) >= 11 is 0. The molecule has 0 amide bonds. The third kappa shape index (κ3) is 5.00. The maximum atomic E-state index is 13.6. The highest BCUT2D eigenvalue weighted by Crippen LogP contribution is 2.42. The molecule has 0 saturated heterocycles. The third-order valence-electron chi connectivity index (χ3n) is 7.65. The first kappa shape index (κ1) is 25.4. The van der Waals surface area contributed by atoms with Gasteiger partial charge in [-0.1, -0.05) is 53.6 Å². The van der Waals surface area contributed by atoms with Gasteiger partial charge in [0.05, 0.1) is 13.0 Å². The Bertz CT molecular complexity index is 1420. The van der Waals surface area contributed by atoms with Gasteiger partial charge in [0.1, 0.15) is 22.5 Å². The van der Waals surface area contributed by atoms with E-state index in [9.17, 15) is 23.1 Å². The molecule has 1 N–H and O–H groups in total. The first-order valence-corrected chi connectivity index (χ1v) is 14.1. The normalized spacial score (nSPS) is 23.7. The Morgan fingerprint density at radius 2 is 1.95 bits per heavy atom. The van der Waals surface area contributed by atoms with Gasteiger partial charge < -0.3 is 9.84 Å². The van der Waals surface area contributed by atoms with E-state index in [0.29, 0.717) is 18.6 Å². The maximum Gasteiger partial charge on any atom is 0.304 e. The van der Waals surface area contributed by atoms with Gasteiger partial charge >= 0.3 is 5.97 Å². The van der Waals surface area contributed by atoms with Crippen LogP contribution in [0.4, 0.5) is 0 Å². The smallest absolute Gasteiger partial charge is 0.304 e. The van der Waals surface area contributed by atoms with E-state index in [2.05, 4.69) is 0 Å². The number of carboxylic acid groups (broad SMARTS) is 1. The van der Waals surface area contributed by atoms with E-state index in [-0.39, 0.29) is 42.2 Å². The standard InChI is InChI=1S/C29H31NO6S/c1-18-7-8-21(24(15-29(32)33)22-10-9-20-11-12-26(31)25(20)14-22)13-23(18)17-30-16-19(2)36-27-5-3-4-6-28(27)37(30,34)35/h3-10,13,19,24-25H,11-12,14-17H2,1-2H3,(H,32,33)/t19-,24?,25?/m1/s1. The second-order valence-electron chi connectivity index (χ2n) is 10.2. The van der Waals surface area contributed by atoms with Crippen molar-refractivity contribution in [3.8, 4) is 5.75 Å². The van der Waals surface area contributed by atoms with E-state index in [1.54, 1.807) is 24.3 Å². The number of allylic oxidation sites excluding steroid dienone is 4. The van der Waals surface area contributed by atoms with Crippen LogP contribution in [-0.4, -0.2) is 42.2 Å². The van der Waals surface area contributed by atoms with E-state index in [0.717, 1.165) is 34.3 Å². The summed E-state index contributed by atoms with van der Waals surface area (Å²) in [6.07, 6.45) is 5.40. The van der Waals surface area contributed by atoms with Crippen molar-refractivity contribution in [3.63, 3.8) is 0 Å². The average molecular weight is 522 g/mol. The molecule has 2 unspecified atom stereocenters. The Balaban J connectivity index is 1.48. The quantitative estimate of drug-likeness (QED) is 0.588. The molecule has 2 aliphatic carbocycles. The van der Waals surface area contributed by atoms with Crippen LogP contribution in [0.25, 0.3) is 0 Å². The molecule has 3 aliphatic rings. The number of para-hydroxylation sites is 1. The first-order valence-electron chi connectivity index (χ1n) is 12.6. The SMILES string of the molecule is Cc1ccc(C(CC(=O)O)C2=CC=C3CCC(=O)C3C2)cc1CN1C[C@@H](C)Oc2ccccc2S1(=O)=O. The van der Waals surface area contributed by atoms with Gasteiger partial charge in [-0.3, -0.25) is 9.59 Å². The average Bonchev–Trinajstić information content (AvgIpc) is 3.19. The number of nitrogens with zero attached hydrogens (tertiary/aromatic N) is 1. The van der Waals surface area contributed by atoms with E-state index >= 15 is 0 Å². The van der Waals surface area contributed by atoms with Crippen LogP contribution in [0.15, 0.2) is 70.7 Å². The summed E-state index contributed by atoms with van der Waals surface area (Å²) in [5.41, 5.74) is 4.61. The number of ketones is 1. The van der Waals surface area contributed by atoms with Crippen LogP contribution in [0.5, 0.6) is 5.75 Å². The summed E-state index contributed by atoms with van der Waals surface area (Å²) in [5, 5.41) is 9.71. The van der Waals surface area contributed by atoms with Crippen LogP contribution in [0, 0.1) is 12.8 Å². The zero-order chi connectivity index (χ0) is 26.3. The minimum atomic E-state index is -3.80. The lowest BCUT2D eigenvalue weighted by Gasteiger charge is -2.27. The second kappa shape index (κ2) is 9.91. The number of sulfonamides is 1. The van der Waals surface area contributed by atoms with Gasteiger partial charge in [-0.15, -0.1) is 0 Å². The molecule has 5 rings (SSSR count). The lowest BCUT2D eigenvalue weighted by atomic mass is 9.78. The summed E-state index contributed by atoms with van der Waals surface area (Å²) in [4.78, 5) is 24.4. The van der Waals surface area contributed by atoms with E-state index < -0.39 is 21.9 Å². The van der Waals surface area contributed by atoms with Crippen LogP contribution in [0.1, 0.15) is 55.2 Å². The van der Waals surface area contributed by atoms with Crippen molar-refractivity contribution in [1.82, 2.24) is 4.31 Å². The molecule has 3 atom stereocenters. The molecule has 37 heavy (non-hydrogen) atoms. The third-order valence-corrected chi connectivity index (χ3v) is 9.50. The molecule has 0 radical (unpaired) electrons. The van der Waals surface area contributed by atoms with E-state index in [1.165, 1.54) is 4.31 Å². The lowest BCUT2D eigenvalue weighted by Crippen LogP contribution is -2.35. The summed E-state index contributed by atoms with van der Waals surface area (Å²) in [6.45, 7) is 4.12. The Morgan fingerprint density at radius 3 is 2.73 bits per heavy atom. The summed E-state index contributed by atoms with van der Waals surface area (Å²) in [6, 6.07) is 12.4. The maximum absolute atomic E-state index is 13.6. The number of carbonyl (C=O) groups is 2. The fourth-order valence-electron chi connectivity index (χ4n) is 5.64. The molecule has 7 nitrogen and oxygen atoms in total. The number of carboxylic acids is 1. The number of fused-ring (bicyclic) bond motifs is 2. The number of benzene rings is 2. The fourth-order valence-corrected chi connectivity index (χ4v) is 7.25. The Morgan fingerprint density at radius 1 is 1.16 bits per heavy atom. The van der Waals surface area contributed by atoms with Gasteiger partial charge in [0.2, 0.25) is 10.0 Å². The number of hydrogen-bond donors (Lipinski definition) is 1. The Labute approximate surface area is 217 Å². The second-order valence-corrected chi connectivity index (χ2v) is 12.1. The predicted molar refractivity (Wildman–Crippen MR) is 139 cm³/mol. The van der Waals surface area contributed by atoms with Gasteiger partial charge in [-0.2, -0.15) is 4.31 Å². The highest BCUT2D eigenvalue weighted by Gasteiger charge is 2.35. The largest absolute Gasteiger partial charge is 0.488 e. The molecule has 0 aromatic heterocycles. The van der Waals surface area contributed by atoms with Crippen molar-refractivity contribution in [2.45, 2.75) is 63.0 Å². The van der Waals surface area contributed by atoms with Crippen LogP contribution in [-0.2, 0) is 26.2 Å². The summed E-state index contributed by atoms with van der Waals surface area (Å²) < 4.78 is 34.4. The van der Waals surface area contributed by atoms with Crippen molar-refractivity contribution < 1.29 is 27.9 Å².